The summed E-state index contributed by atoms with van der Waals surface area (Å²) in [4.78, 5) is 12.6. The van der Waals surface area contributed by atoms with Gasteiger partial charge in [-0.25, -0.2) is 0 Å². The lowest BCUT2D eigenvalue weighted by molar-refractivity contribution is -0.114. The van der Waals surface area contributed by atoms with Crippen LogP contribution in [0.1, 0.15) is 19.8 Å². The third-order valence-corrected chi connectivity index (χ3v) is 1.25. The highest BCUT2D eigenvalue weighted by molar-refractivity contribution is 5.91. The van der Waals surface area contributed by atoms with Gasteiger partial charge < -0.3 is 10.6 Å². The topological polar surface area (TPSA) is 46.3 Å². The van der Waals surface area contributed by atoms with E-state index in [1.807, 2.05) is 25.9 Å². The number of hydrogen-bond donors (Lipinski definition) is 1. The molecule has 0 aliphatic rings. The summed E-state index contributed by atoms with van der Waals surface area (Å²) in [6.45, 7) is 2.02. The number of carbonyl (C=O) groups excluding carboxylic acids is 1. The number of amides is 1. The van der Waals surface area contributed by atoms with Crippen LogP contribution in [0.25, 0.3) is 0 Å². The molecule has 0 saturated carbocycles. The van der Waals surface area contributed by atoms with E-state index in [9.17, 15) is 4.79 Å². The van der Waals surface area contributed by atoms with E-state index in [1.54, 1.807) is 6.20 Å². The Morgan fingerprint density at radius 2 is 2.09 bits per heavy atom. The third kappa shape index (κ3) is 4.42. The van der Waals surface area contributed by atoms with E-state index < -0.39 is 0 Å². The van der Waals surface area contributed by atoms with Crippen molar-refractivity contribution in [2.24, 2.45) is 5.73 Å². The van der Waals surface area contributed by atoms with E-state index in [-0.39, 0.29) is 5.91 Å². The van der Waals surface area contributed by atoms with Crippen molar-refractivity contribution in [3.63, 3.8) is 0 Å². The molecule has 0 heterocycles. The standard InChI is InChI=1S/C8H16N2O/c1-4-5-7(8(9)11)6-10(2)3/h6H,4-5H2,1-3H3,(H2,9,11)/b7-6+. The van der Waals surface area contributed by atoms with E-state index in [1.165, 1.54) is 0 Å². The first kappa shape index (κ1) is 10.0. The lowest BCUT2D eigenvalue weighted by Crippen LogP contribution is -2.16. The number of rotatable bonds is 4. The Labute approximate surface area is 67.9 Å². The Balaban J connectivity index is 4.20. The lowest BCUT2D eigenvalue weighted by Gasteiger charge is -2.07. The minimum absolute atomic E-state index is 0.319. The quantitative estimate of drug-likeness (QED) is 0.609. The van der Waals surface area contributed by atoms with Crippen molar-refractivity contribution in [3.05, 3.63) is 11.8 Å². The molecule has 1 amide bonds. The van der Waals surface area contributed by atoms with Crippen LogP contribution in [-0.2, 0) is 4.79 Å². The number of hydrogen-bond acceptors (Lipinski definition) is 2. The van der Waals surface area contributed by atoms with Gasteiger partial charge in [-0.2, -0.15) is 0 Å². The highest BCUT2D eigenvalue weighted by Gasteiger charge is 2.02. The number of carbonyl (C=O) groups is 1. The van der Waals surface area contributed by atoms with Crippen LogP contribution in [-0.4, -0.2) is 24.9 Å². The minimum Gasteiger partial charge on any atom is -0.383 e. The molecule has 2 N–H and O–H groups in total. The summed E-state index contributed by atoms with van der Waals surface area (Å²) in [6.07, 6.45) is 3.47. The summed E-state index contributed by atoms with van der Waals surface area (Å²) < 4.78 is 0. The second kappa shape index (κ2) is 4.77. The van der Waals surface area contributed by atoms with Gasteiger partial charge >= 0.3 is 0 Å². The van der Waals surface area contributed by atoms with Gasteiger partial charge in [-0.15, -0.1) is 0 Å². The van der Waals surface area contributed by atoms with Crippen molar-refractivity contribution >= 4 is 5.91 Å². The molecule has 0 aliphatic carbocycles. The molecule has 64 valence electrons. The van der Waals surface area contributed by atoms with E-state index in [4.69, 9.17) is 5.73 Å². The summed E-state index contributed by atoms with van der Waals surface area (Å²) in [5, 5.41) is 0. The Bertz CT molecular complexity index is 161. The van der Waals surface area contributed by atoms with Crippen LogP contribution >= 0.6 is 0 Å². The first-order valence-corrected chi connectivity index (χ1v) is 3.74. The molecule has 0 aliphatic heterocycles. The van der Waals surface area contributed by atoms with Gasteiger partial charge in [0.15, 0.2) is 0 Å². The van der Waals surface area contributed by atoms with Gasteiger partial charge in [0, 0.05) is 25.9 Å². The smallest absolute Gasteiger partial charge is 0.246 e. The second-order valence-electron chi connectivity index (χ2n) is 2.73. The van der Waals surface area contributed by atoms with Crippen molar-refractivity contribution in [1.82, 2.24) is 4.90 Å². The first-order valence-electron chi connectivity index (χ1n) is 3.74. The molecule has 0 atom stereocenters. The summed E-state index contributed by atoms with van der Waals surface area (Å²) in [5.41, 5.74) is 5.83. The molecule has 0 spiro atoms. The molecule has 0 rings (SSSR count). The zero-order chi connectivity index (χ0) is 8.85. The van der Waals surface area contributed by atoms with Gasteiger partial charge in [0.25, 0.3) is 0 Å². The molecule has 0 aromatic carbocycles. The fourth-order valence-corrected chi connectivity index (χ4v) is 0.832. The fraction of sp³-hybridized carbons (Fsp3) is 0.625. The molecule has 11 heavy (non-hydrogen) atoms. The highest BCUT2D eigenvalue weighted by Crippen LogP contribution is 2.03. The maximum absolute atomic E-state index is 10.8. The molecule has 3 heteroatoms. The Kier molecular flexibility index (Phi) is 4.34. The lowest BCUT2D eigenvalue weighted by atomic mass is 10.1. The Hall–Kier alpha value is -0.990. The average molecular weight is 156 g/mol. The molecule has 0 saturated heterocycles. The second-order valence-corrected chi connectivity index (χ2v) is 2.73. The zero-order valence-corrected chi connectivity index (χ0v) is 7.42. The maximum atomic E-state index is 10.8. The number of primary amides is 1. The third-order valence-electron chi connectivity index (χ3n) is 1.25. The molecule has 0 bridgehead atoms. The van der Waals surface area contributed by atoms with Crippen molar-refractivity contribution in [1.29, 1.82) is 0 Å². The normalized spacial score (nSPS) is 11.4. The van der Waals surface area contributed by atoms with E-state index in [0.29, 0.717) is 5.57 Å². The zero-order valence-electron chi connectivity index (χ0n) is 7.42. The largest absolute Gasteiger partial charge is 0.383 e. The van der Waals surface area contributed by atoms with E-state index in [0.717, 1.165) is 12.8 Å². The van der Waals surface area contributed by atoms with Crippen LogP contribution in [0.2, 0.25) is 0 Å². The summed E-state index contributed by atoms with van der Waals surface area (Å²) in [5.74, 6) is -0.319. The molecule has 0 aromatic rings. The highest BCUT2D eigenvalue weighted by atomic mass is 16.1. The van der Waals surface area contributed by atoms with Gasteiger partial charge in [0.05, 0.1) is 0 Å². The van der Waals surface area contributed by atoms with Crippen molar-refractivity contribution in [3.8, 4) is 0 Å². The van der Waals surface area contributed by atoms with Crippen molar-refractivity contribution in [2.75, 3.05) is 14.1 Å². The van der Waals surface area contributed by atoms with Crippen molar-refractivity contribution < 1.29 is 4.79 Å². The van der Waals surface area contributed by atoms with Gasteiger partial charge in [-0.1, -0.05) is 13.3 Å². The van der Waals surface area contributed by atoms with Crippen LogP contribution < -0.4 is 5.73 Å². The van der Waals surface area contributed by atoms with Crippen LogP contribution in [0.15, 0.2) is 11.8 Å². The predicted molar refractivity (Wildman–Crippen MR) is 45.9 cm³/mol. The maximum Gasteiger partial charge on any atom is 0.246 e. The van der Waals surface area contributed by atoms with Crippen LogP contribution in [0.3, 0.4) is 0 Å². The molecule has 0 unspecified atom stereocenters. The molecular weight excluding hydrogens is 140 g/mol. The average Bonchev–Trinajstić information content (AvgIpc) is 1.86. The van der Waals surface area contributed by atoms with Gasteiger partial charge in [0.1, 0.15) is 0 Å². The van der Waals surface area contributed by atoms with Crippen LogP contribution in [0.4, 0.5) is 0 Å². The fourth-order valence-electron chi connectivity index (χ4n) is 0.832. The van der Waals surface area contributed by atoms with Crippen LogP contribution in [0, 0.1) is 0 Å². The summed E-state index contributed by atoms with van der Waals surface area (Å²) >= 11 is 0. The molecule has 0 aromatic heterocycles. The molecule has 3 nitrogen and oxygen atoms in total. The first-order chi connectivity index (χ1) is 5.07. The summed E-state index contributed by atoms with van der Waals surface area (Å²) in [6, 6.07) is 0. The molecular formula is C8H16N2O. The van der Waals surface area contributed by atoms with E-state index >= 15 is 0 Å². The number of nitrogens with two attached hydrogens (primary N) is 1. The Morgan fingerprint density at radius 1 is 1.55 bits per heavy atom. The van der Waals surface area contributed by atoms with E-state index in [2.05, 4.69) is 0 Å². The predicted octanol–water partition coefficient (Wildman–Crippen LogP) is 0.717. The van der Waals surface area contributed by atoms with Gasteiger partial charge in [0.2, 0.25) is 5.91 Å². The van der Waals surface area contributed by atoms with Gasteiger partial charge in [-0.3, -0.25) is 4.79 Å². The van der Waals surface area contributed by atoms with Gasteiger partial charge in [-0.05, 0) is 6.42 Å². The number of nitrogens with zero attached hydrogens (tertiary/aromatic N) is 1. The van der Waals surface area contributed by atoms with Crippen LogP contribution in [0.5, 0.6) is 0 Å². The minimum atomic E-state index is -0.319. The SMILES string of the molecule is CCC/C(=C\N(C)C)C(N)=O. The molecule has 0 fully saturated rings. The Morgan fingerprint density at radius 3 is 2.36 bits per heavy atom. The van der Waals surface area contributed by atoms with Crippen molar-refractivity contribution in [2.45, 2.75) is 19.8 Å². The summed E-state index contributed by atoms with van der Waals surface area (Å²) in [7, 11) is 3.75. The monoisotopic (exact) mass is 156 g/mol. The molecule has 0 radical (unpaired) electrons.